The molecule has 1 aromatic heterocycles. The van der Waals surface area contributed by atoms with Crippen LogP contribution in [0.15, 0.2) is 63.7 Å². The lowest BCUT2D eigenvalue weighted by Crippen LogP contribution is -2.31. The first kappa shape index (κ1) is 24.9. The van der Waals surface area contributed by atoms with E-state index >= 15 is 0 Å². The number of hydrogen-bond acceptors (Lipinski definition) is 10. The summed E-state index contributed by atoms with van der Waals surface area (Å²) in [5.74, 6) is -0.485. The Balaban J connectivity index is 1.67. The van der Waals surface area contributed by atoms with E-state index in [0.717, 1.165) is 11.3 Å². The van der Waals surface area contributed by atoms with Crippen molar-refractivity contribution in [2.45, 2.75) is 31.7 Å². The number of aromatic nitrogens is 2. The molecular formula is C21H22N6O5S2. The topological polar surface area (TPSA) is 152 Å². The predicted octanol–water partition coefficient (Wildman–Crippen LogP) is 3.73. The fourth-order valence-corrected chi connectivity index (χ4v) is 4.48. The van der Waals surface area contributed by atoms with Crippen molar-refractivity contribution in [1.29, 1.82) is 0 Å². The molecule has 2 N–H and O–H groups in total. The van der Waals surface area contributed by atoms with Crippen LogP contribution in [0.4, 0.5) is 16.5 Å². The zero-order valence-corrected chi connectivity index (χ0v) is 20.2. The standard InChI is InChI=1S/C21H22N6O5S2/c1-4-32-17-9-5-15(6-10-17)22-20(29)19(13(2)28)25-24-16-7-11-18(12-8-16)34(30,31)27-21-26-23-14(3)33-21/h5-12,19H,4H2,1-3H3,(H,22,29)(H,26,27). The highest BCUT2D eigenvalue weighted by atomic mass is 32.2. The van der Waals surface area contributed by atoms with Crippen LogP contribution < -0.4 is 14.8 Å². The molecule has 1 atom stereocenters. The summed E-state index contributed by atoms with van der Waals surface area (Å²) in [6.07, 6.45) is 0. The van der Waals surface area contributed by atoms with Crippen molar-refractivity contribution in [3.05, 3.63) is 53.5 Å². The fraction of sp³-hybridized carbons (Fsp3) is 0.238. The number of Topliss-reactive ketones (excluding diaryl/α,β-unsaturated/α-hetero) is 1. The van der Waals surface area contributed by atoms with Crippen LogP contribution in [0.2, 0.25) is 0 Å². The molecule has 3 rings (SSSR count). The molecule has 178 valence electrons. The first-order valence-electron chi connectivity index (χ1n) is 10.1. The average Bonchev–Trinajstić information content (AvgIpc) is 3.19. The summed E-state index contributed by atoms with van der Waals surface area (Å²) in [7, 11) is -3.86. The zero-order valence-electron chi connectivity index (χ0n) is 18.5. The highest BCUT2D eigenvalue weighted by Gasteiger charge is 2.23. The Morgan fingerprint density at radius 1 is 1.09 bits per heavy atom. The summed E-state index contributed by atoms with van der Waals surface area (Å²) in [6.45, 7) is 5.33. The molecular weight excluding hydrogens is 480 g/mol. The lowest BCUT2D eigenvalue weighted by Gasteiger charge is -2.10. The lowest BCUT2D eigenvalue weighted by molar-refractivity contribution is -0.126. The number of anilines is 2. The first-order chi connectivity index (χ1) is 16.2. The third-order valence-corrected chi connectivity index (χ3v) is 6.49. The number of nitrogens with one attached hydrogen (secondary N) is 2. The van der Waals surface area contributed by atoms with Gasteiger partial charge in [-0.2, -0.15) is 10.2 Å². The Morgan fingerprint density at radius 2 is 1.76 bits per heavy atom. The SMILES string of the molecule is CCOc1ccc(NC(=O)C(N=Nc2ccc(S(=O)(=O)Nc3nnc(C)s3)cc2)C(C)=O)cc1. The number of nitrogens with zero attached hydrogens (tertiary/aromatic N) is 4. The summed E-state index contributed by atoms with van der Waals surface area (Å²) in [5, 5.41) is 18.7. The van der Waals surface area contributed by atoms with Crippen LogP contribution in [-0.2, 0) is 19.6 Å². The van der Waals surface area contributed by atoms with Gasteiger partial charge in [-0.05, 0) is 69.3 Å². The molecule has 11 nitrogen and oxygen atoms in total. The Hall–Kier alpha value is -3.71. The minimum atomic E-state index is -3.86. The highest BCUT2D eigenvalue weighted by Crippen LogP contribution is 2.22. The largest absolute Gasteiger partial charge is 0.494 e. The average molecular weight is 503 g/mol. The molecule has 0 aliphatic carbocycles. The third kappa shape index (κ3) is 6.65. The van der Waals surface area contributed by atoms with E-state index in [-0.39, 0.29) is 15.7 Å². The van der Waals surface area contributed by atoms with E-state index in [1.54, 1.807) is 31.2 Å². The normalized spacial score (nSPS) is 12.3. The van der Waals surface area contributed by atoms with Gasteiger partial charge in [-0.3, -0.25) is 14.3 Å². The highest BCUT2D eigenvalue weighted by molar-refractivity contribution is 7.93. The van der Waals surface area contributed by atoms with Crippen LogP contribution in [0, 0.1) is 6.92 Å². The molecule has 0 fully saturated rings. The van der Waals surface area contributed by atoms with Gasteiger partial charge >= 0.3 is 0 Å². The Bertz CT molecular complexity index is 1290. The van der Waals surface area contributed by atoms with Crippen molar-refractivity contribution in [2.75, 3.05) is 16.6 Å². The van der Waals surface area contributed by atoms with Crippen molar-refractivity contribution in [3.8, 4) is 5.75 Å². The van der Waals surface area contributed by atoms with E-state index in [4.69, 9.17) is 4.74 Å². The molecule has 0 saturated carbocycles. The van der Waals surface area contributed by atoms with Crippen LogP contribution in [0.5, 0.6) is 5.75 Å². The van der Waals surface area contributed by atoms with Crippen molar-refractivity contribution < 1.29 is 22.7 Å². The van der Waals surface area contributed by atoms with Crippen LogP contribution in [0.1, 0.15) is 18.9 Å². The first-order valence-corrected chi connectivity index (χ1v) is 12.4. The number of amides is 1. The lowest BCUT2D eigenvalue weighted by atomic mass is 10.2. The second-order valence-electron chi connectivity index (χ2n) is 6.90. The Kier molecular flexibility index (Phi) is 8.02. The van der Waals surface area contributed by atoms with Crippen LogP contribution in [0.3, 0.4) is 0 Å². The molecule has 0 bridgehead atoms. The molecule has 0 saturated heterocycles. The molecule has 3 aromatic rings. The van der Waals surface area contributed by atoms with Crippen molar-refractivity contribution in [3.63, 3.8) is 0 Å². The number of carbonyl (C=O) groups excluding carboxylic acids is 2. The number of ether oxygens (including phenoxy) is 1. The maximum absolute atomic E-state index is 12.5. The van der Waals surface area contributed by atoms with Gasteiger partial charge in [-0.1, -0.05) is 11.3 Å². The molecule has 0 aliphatic heterocycles. The van der Waals surface area contributed by atoms with E-state index in [2.05, 4.69) is 30.5 Å². The van der Waals surface area contributed by atoms with E-state index in [1.165, 1.54) is 31.2 Å². The maximum Gasteiger partial charge on any atom is 0.263 e. The molecule has 13 heteroatoms. The molecule has 0 radical (unpaired) electrons. The number of rotatable bonds is 10. The van der Waals surface area contributed by atoms with Gasteiger partial charge in [-0.25, -0.2) is 8.42 Å². The Labute approximate surface area is 200 Å². The third-order valence-electron chi connectivity index (χ3n) is 4.25. The van der Waals surface area contributed by atoms with Gasteiger partial charge < -0.3 is 10.1 Å². The van der Waals surface area contributed by atoms with Gasteiger partial charge in [0.1, 0.15) is 10.8 Å². The smallest absolute Gasteiger partial charge is 0.263 e. The van der Waals surface area contributed by atoms with Crippen LogP contribution in [-0.4, -0.2) is 43.0 Å². The number of ketones is 1. The number of aryl methyl sites for hydroxylation is 1. The van der Waals surface area contributed by atoms with Gasteiger partial charge in [0.2, 0.25) is 11.2 Å². The summed E-state index contributed by atoms with van der Waals surface area (Å²) in [6, 6.07) is 10.8. The minimum absolute atomic E-state index is 0.0179. The van der Waals surface area contributed by atoms with E-state index < -0.39 is 27.8 Å². The van der Waals surface area contributed by atoms with Crippen molar-refractivity contribution in [2.24, 2.45) is 10.2 Å². The second-order valence-corrected chi connectivity index (χ2v) is 9.76. The summed E-state index contributed by atoms with van der Waals surface area (Å²) in [4.78, 5) is 24.5. The molecule has 34 heavy (non-hydrogen) atoms. The van der Waals surface area contributed by atoms with Gasteiger partial charge in [0, 0.05) is 5.69 Å². The summed E-state index contributed by atoms with van der Waals surface area (Å²) >= 11 is 1.11. The number of benzene rings is 2. The fourth-order valence-electron chi connectivity index (χ4n) is 2.66. The van der Waals surface area contributed by atoms with E-state index in [0.29, 0.717) is 23.1 Å². The molecule has 1 heterocycles. The molecule has 1 unspecified atom stereocenters. The molecule has 0 spiro atoms. The maximum atomic E-state index is 12.5. The summed E-state index contributed by atoms with van der Waals surface area (Å²) in [5.41, 5.74) is 0.744. The van der Waals surface area contributed by atoms with Crippen LogP contribution in [0.25, 0.3) is 0 Å². The van der Waals surface area contributed by atoms with Crippen molar-refractivity contribution >= 4 is 49.6 Å². The number of sulfonamides is 1. The van der Waals surface area contributed by atoms with Gasteiger partial charge in [0.25, 0.3) is 15.9 Å². The van der Waals surface area contributed by atoms with Crippen molar-refractivity contribution in [1.82, 2.24) is 10.2 Å². The monoisotopic (exact) mass is 502 g/mol. The Morgan fingerprint density at radius 3 is 2.32 bits per heavy atom. The quantitative estimate of drug-likeness (QED) is 0.316. The predicted molar refractivity (Wildman–Crippen MR) is 127 cm³/mol. The molecule has 2 aromatic carbocycles. The number of carbonyl (C=O) groups is 2. The summed E-state index contributed by atoms with van der Waals surface area (Å²) < 4.78 is 32.6. The molecule has 0 aliphatic rings. The van der Waals surface area contributed by atoms with E-state index in [1.807, 2.05) is 6.92 Å². The van der Waals surface area contributed by atoms with Gasteiger partial charge in [-0.15, -0.1) is 10.2 Å². The van der Waals surface area contributed by atoms with E-state index in [9.17, 15) is 18.0 Å². The second kappa shape index (κ2) is 10.9. The number of azo groups is 1. The zero-order chi connectivity index (χ0) is 24.7. The van der Waals surface area contributed by atoms with Gasteiger partial charge in [0.05, 0.1) is 17.2 Å². The van der Waals surface area contributed by atoms with Gasteiger partial charge in [0.15, 0.2) is 5.78 Å². The minimum Gasteiger partial charge on any atom is -0.494 e. The van der Waals surface area contributed by atoms with Crippen LogP contribution >= 0.6 is 11.3 Å². The molecule has 1 amide bonds. The number of hydrogen-bond donors (Lipinski definition) is 2.